The van der Waals surface area contributed by atoms with Gasteiger partial charge in [-0.15, -0.1) is 0 Å². The molecular weight excluding hydrogens is 244 g/mol. The van der Waals surface area contributed by atoms with Crippen molar-refractivity contribution in [3.8, 4) is 0 Å². The van der Waals surface area contributed by atoms with Crippen LogP contribution in [0.15, 0.2) is 12.2 Å². The van der Waals surface area contributed by atoms with Crippen molar-refractivity contribution < 1.29 is 19.1 Å². The Labute approximate surface area is 115 Å². The fraction of sp³-hybridized carbons (Fsp3) is 0.733. The van der Waals surface area contributed by atoms with E-state index in [2.05, 4.69) is 13.0 Å². The van der Waals surface area contributed by atoms with E-state index < -0.39 is 0 Å². The van der Waals surface area contributed by atoms with Gasteiger partial charge in [0.25, 0.3) is 0 Å². The van der Waals surface area contributed by atoms with Crippen molar-refractivity contribution in [3.05, 3.63) is 12.2 Å². The molecule has 0 saturated heterocycles. The van der Waals surface area contributed by atoms with Gasteiger partial charge in [0.05, 0.1) is 6.61 Å². The minimum absolute atomic E-state index is 0.170. The van der Waals surface area contributed by atoms with Crippen LogP contribution in [0.4, 0.5) is 0 Å². The molecule has 1 rings (SSSR count). The van der Waals surface area contributed by atoms with Gasteiger partial charge in [0.2, 0.25) is 0 Å². The SMILES string of the molecule is CC(=O)OC[C@H](C)[C@@H]1CC[C@H](C)C=C[C@@H]1OC(C)=O. The van der Waals surface area contributed by atoms with Crippen LogP contribution in [0.1, 0.15) is 40.5 Å². The van der Waals surface area contributed by atoms with Gasteiger partial charge in [-0.1, -0.05) is 19.9 Å². The van der Waals surface area contributed by atoms with E-state index in [0.29, 0.717) is 12.5 Å². The van der Waals surface area contributed by atoms with Gasteiger partial charge < -0.3 is 9.47 Å². The van der Waals surface area contributed by atoms with Crippen molar-refractivity contribution in [3.63, 3.8) is 0 Å². The maximum absolute atomic E-state index is 11.2. The van der Waals surface area contributed by atoms with E-state index in [9.17, 15) is 9.59 Å². The lowest BCUT2D eigenvalue weighted by atomic mass is 9.85. The van der Waals surface area contributed by atoms with Crippen molar-refractivity contribution in [1.82, 2.24) is 0 Å². The van der Waals surface area contributed by atoms with Crippen LogP contribution in [-0.2, 0) is 19.1 Å². The summed E-state index contributed by atoms with van der Waals surface area (Å²) in [6.07, 6.45) is 5.89. The third-order valence-electron chi connectivity index (χ3n) is 3.59. The number of esters is 2. The van der Waals surface area contributed by atoms with Gasteiger partial charge in [-0.25, -0.2) is 0 Å². The standard InChI is InChI=1S/C15H24O4/c1-10-5-7-14(11(2)9-18-12(3)16)15(8-6-10)19-13(4)17/h6,8,10-11,14-15H,5,7,9H2,1-4H3/t10-,11-,14-,15-/m0/s1. The van der Waals surface area contributed by atoms with Crippen LogP contribution in [0, 0.1) is 17.8 Å². The molecule has 0 aromatic rings. The summed E-state index contributed by atoms with van der Waals surface area (Å²) in [5.41, 5.74) is 0. The van der Waals surface area contributed by atoms with Crippen LogP contribution in [0.25, 0.3) is 0 Å². The molecule has 0 N–H and O–H groups in total. The van der Waals surface area contributed by atoms with Crippen LogP contribution in [0.3, 0.4) is 0 Å². The Morgan fingerprint density at radius 2 is 1.89 bits per heavy atom. The van der Waals surface area contributed by atoms with Crippen LogP contribution in [-0.4, -0.2) is 24.6 Å². The summed E-state index contributed by atoms with van der Waals surface area (Å²) in [5.74, 6) is 0.318. The highest BCUT2D eigenvalue weighted by atomic mass is 16.5. The third kappa shape index (κ3) is 5.45. The molecule has 0 spiro atoms. The summed E-state index contributed by atoms with van der Waals surface area (Å²) in [7, 11) is 0. The Morgan fingerprint density at radius 1 is 1.21 bits per heavy atom. The highest BCUT2D eigenvalue weighted by molar-refractivity contribution is 5.66. The topological polar surface area (TPSA) is 52.6 Å². The van der Waals surface area contributed by atoms with E-state index in [-0.39, 0.29) is 29.9 Å². The van der Waals surface area contributed by atoms with Gasteiger partial charge in [0.1, 0.15) is 6.10 Å². The van der Waals surface area contributed by atoms with Gasteiger partial charge >= 0.3 is 11.9 Å². The molecule has 0 saturated carbocycles. The second-order valence-corrected chi connectivity index (χ2v) is 5.46. The molecular formula is C15H24O4. The van der Waals surface area contributed by atoms with Gasteiger partial charge in [-0.05, 0) is 30.8 Å². The Balaban J connectivity index is 2.71. The first-order valence-corrected chi connectivity index (χ1v) is 6.89. The van der Waals surface area contributed by atoms with Crippen LogP contribution >= 0.6 is 0 Å². The molecule has 1 aliphatic carbocycles. The maximum Gasteiger partial charge on any atom is 0.303 e. The quantitative estimate of drug-likeness (QED) is 0.581. The van der Waals surface area contributed by atoms with E-state index >= 15 is 0 Å². The lowest BCUT2D eigenvalue weighted by Crippen LogP contribution is -2.31. The molecule has 0 fully saturated rings. The number of hydrogen-bond acceptors (Lipinski definition) is 4. The second-order valence-electron chi connectivity index (χ2n) is 5.46. The van der Waals surface area contributed by atoms with Crippen molar-refractivity contribution in [2.75, 3.05) is 6.61 Å². The highest BCUT2D eigenvalue weighted by Crippen LogP contribution is 2.30. The lowest BCUT2D eigenvalue weighted by Gasteiger charge is -2.28. The van der Waals surface area contributed by atoms with Crippen LogP contribution < -0.4 is 0 Å². The van der Waals surface area contributed by atoms with E-state index in [0.717, 1.165) is 12.8 Å². The average Bonchev–Trinajstić information content (AvgIpc) is 2.48. The molecule has 0 aromatic heterocycles. The smallest absolute Gasteiger partial charge is 0.303 e. The number of ether oxygens (including phenoxy) is 2. The van der Waals surface area contributed by atoms with Gasteiger partial charge in [0, 0.05) is 19.8 Å². The zero-order valence-corrected chi connectivity index (χ0v) is 12.2. The maximum atomic E-state index is 11.2. The average molecular weight is 268 g/mol. The molecule has 4 nitrogen and oxygen atoms in total. The largest absolute Gasteiger partial charge is 0.466 e. The third-order valence-corrected chi connectivity index (χ3v) is 3.59. The summed E-state index contributed by atoms with van der Waals surface area (Å²) in [6.45, 7) is 7.40. The first-order chi connectivity index (χ1) is 8.90. The zero-order valence-electron chi connectivity index (χ0n) is 12.2. The van der Waals surface area contributed by atoms with Gasteiger partial charge in [0.15, 0.2) is 0 Å². The molecule has 0 unspecified atom stereocenters. The molecule has 4 heteroatoms. The molecule has 1 aliphatic rings. The van der Waals surface area contributed by atoms with E-state index in [1.165, 1.54) is 13.8 Å². The summed E-state index contributed by atoms with van der Waals surface area (Å²) in [5, 5.41) is 0. The normalized spacial score (nSPS) is 28.3. The van der Waals surface area contributed by atoms with Crippen molar-refractivity contribution >= 4 is 11.9 Å². The van der Waals surface area contributed by atoms with Crippen molar-refractivity contribution in [1.29, 1.82) is 0 Å². The fourth-order valence-electron chi connectivity index (χ4n) is 2.46. The first-order valence-electron chi connectivity index (χ1n) is 6.89. The van der Waals surface area contributed by atoms with Gasteiger partial charge in [-0.3, -0.25) is 9.59 Å². The van der Waals surface area contributed by atoms with E-state index in [1.54, 1.807) is 0 Å². The minimum Gasteiger partial charge on any atom is -0.466 e. The second kappa shape index (κ2) is 7.31. The zero-order chi connectivity index (χ0) is 14.4. The number of allylic oxidation sites excluding steroid dienone is 1. The Morgan fingerprint density at radius 3 is 2.47 bits per heavy atom. The molecule has 0 aliphatic heterocycles. The first kappa shape index (κ1) is 15.7. The summed E-state index contributed by atoms with van der Waals surface area (Å²) in [4.78, 5) is 22.1. The Hall–Kier alpha value is -1.32. The van der Waals surface area contributed by atoms with Crippen molar-refractivity contribution in [2.24, 2.45) is 17.8 Å². The number of rotatable bonds is 4. The Bertz CT molecular complexity index is 348. The molecule has 108 valence electrons. The molecule has 4 atom stereocenters. The van der Waals surface area contributed by atoms with Crippen molar-refractivity contribution in [2.45, 2.75) is 46.6 Å². The summed E-state index contributed by atoms with van der Waals surface area (Å²) < 4.78 is 10.5. The molecule has 0 amide bonds. The lowest BCUT2D eigenvalue weighted by molar-refractivity contribution is -0.150. The number of carbonyl (C=O) groups is 2. The monoisotopic (exact) mass is 268 g/mol. The molecule has 0 aromatic carbocycles. The molecule has 0 bridgehead atoms. The van der Waals surface area contributed by atoms with E-state index in [1.807, 2.05) is 13.0 Å². The summed E-state index contributed by atoms with van der Waals surface area (Å²) in [6, 6.07) is 0. The number of hydrogen-bond donors (Lipinski definition) is 0. The molecule has 0 heterocycles. The van der Waals surface area contributed by atoms with Gasteiger partial charge in [-0.2, -0.15) is 0 Å². The number of carbonyl (C=O) groups excluding carboxylic acids is 2. The Kier molecular flexibility index (Phi) is 6.06. The summed E-state index contributed by atoms with van der Waals surface area (Å²) >= 11 is 0. The predicted molar refractivity (Wildman–Crippen MR) is 72.4 cm³/mol. The highest BCUT2D eigenvalue weighted by Gasteiger charge is 2.30. The molecule has 19 heavy (non-hydrogen) atoms. The van der Waals surface area contributed by atoms with Crippen LogP contribution in [0.2, 0.25) is 0 Å². The van der Waals surface area contributed by atoms with E-state index in [4.69, 9.17) is 9.47 Å². The van der Waals surface area contributed by atoms with Crippen LogP contribution in [0.5, 0.6) is 0 Å². The minimum atomic E-state index is -0.270. The fourth-order valence-corrected chi connectivity index (χ4v) is 2.46. The molecule has 0 radical (unpaired) electrons. The predicted octanol–water partition coefficient (Wildman–Crippen LogP) is 2.72.